The first-order valence-electron chi connectivity index (χ1n) is 11.4. The van der Waals surface area contributed by atoms with E-state index >= 15 is 0 Å². The molecule has 182 valence electrons. The highest BCUT2D eigenvalue weighted by molar-refractivity contribution is 5.89. The molecule has 1 aliphatic rings. The SMILES string of the molecule is CC(C)N(CCCNC(=O)Nc1ccc(C(C)(C)C)cc1)C[C@H]1O[C@@H](NCN)[C@H](O)[C@@H]1O. The largest absolute Gasteiger partial charge is 0.387 e. The first-order chi connectivity index (χ1) is 15.0. The van der Waals surface area contributed by atoms with Crippen LogP contribution in [-0.2, 0) is 10.2 Å². The summed E-state index contributed by atoms with van der Waals surface area (Å²) in [5.74, 6) is 0. The van der Waals surface area contributed by atoms with Gasteiger partial charge in [0.05, 0.1) is 0 Å². The molecule has 0 unspecified atom stereocenters. The zero-order chi connectivity index (χ0) is 23.9. The molecule has 0 radical (unpaired) electrons. The average molecular weight is 452 g/mol. The lowest BCUT2D eigenvalue weighted by Crippen LogP contribution is -2.44. The zero-order valence-electron chi connectivity index (χ0n) is 20.0. The van der Waals surface area contributed by atoms with Crippen LogP contribution >= 0.6 is 0 Å². The summed E-state index contributed by atoms with van der Waals surface area (Å²) in [4.78, 5) is 14.4. The second kappa shape index (κ2) is 11.9. The minimum atomic E-state index is -1.01. The van der Waals surface area contributed by atoms with Crippen LogP contribution in [-0.4, -0.2) is 78.0 Å². The lowest BCUT2D eigenvalue weighted by atomic mass is 9.87. The maximum atomic E-state index is 12.2. The third kappa shape index (κ3) is 7.68. The smallest absolute Gasteiger partial charge is 0.319 e. The number of nitrogens with zero attached hydrogens (tertiary/aromatic N) is 1. The fraction of sp³-hybridized carbons (Fsp3) is 0.696. The van der Waals surface area contributed by atoms with Crippen molar-refractivity contribution < 1.29 is 19.7 Å². The number of aliphatic hydroxyl groups excluding tert-OH is 2. The van der Waals surface area contributed by atoms with Gasteiger partial charge in [0.2, 0.25) is 0 Å². The number of nitrogens with one attached hydrogen (secondary N) is 3. The van der Waals surface area contributed by atoms with Gasteiger partial charge in [0, 0.05) is 38.0 Å². The van der Waals surface area contributed by atoms with Crippen molar-refractivity contribution in [3.63, 3.8) is 0 Å². The molecule has 0 saturated carbocycles. The summed E-state index contributed by atoms with van der Waals surface area (Å²) in [5.41, 5.74) is 7.50. The Hall–Kier alpha value is -1.75. The molecule has 0 spiro atoms. The van der Waals surface area contributed by atoms with Crippen molar-refractivity contribution in [2.45, 2.75) is 77.0 Å². The average Bonchev–Trinajstić information content (AvgIpc) is 2.98. The molecule has 0 bridgehead atoms. The van der Waals surface area contributed by atoms with Crippen LogP contribution in [0.25, 0.3) is 0 Å². The van der Waals surface area contributed by atoms with E-state index in [1.165, 1.54) is 5.56 Å². The number of carbonyl (C=O) groups is 1. The molecule has 1 aromatic rings. The Morgan fingerprint density at radius 2 is 1.84 bits per heavy atom. The molecular weight excluding hydrogens is 410 g/mol. The van der Waals surface area contributed by atoms with Gasteiger partial charge in [-0.2, -0.15) is 0 Å². The molecular formula is C23H41N5O4. The number of anilines is 1. The molecule has 7 N–H and O–H groups in total. The predicted octanol–water partition coefficient (Wildman–Crippen LogP) is 1.16. The summed E-state index contributed by atoms with van der Waals surface area (Å²) in [5, 5.41) is 28.9. The van der Waals surface area contributed by atoms with Crippen LogP contribution < -0.4 is 21.7 Å². The van der Waals surface area contributed by atoms with Gasteiger partial charge >= 0.3 is 6.03 Å². The molecule has 1 aromatic carbocycles. The van der Waals surface area contributed by atoms with Crippen LogP contribution in [0, 0.1) is 0 Å². The Morgan fingerprint density at radius 3 is 2.41 bits per heavy atom. The van der Waals surface area contributed by atoms with Crippen molar-refractivity contribution in [1.29, 1.82) is 0 Å². The number of benzene rings is 1. The van der Waals surface area contributed by atoms with Gasteiger partial charge in [0.25, 0.3) is 0 Å². The first-order valence-corrected chi connectivity index (χ1v) is 11.4. The number of urea groups is 1. The Balaban J connectivity index is 1.75. The number of aliphatic hydroxyl groups is 2. The van der Waals surface area contributed by atoms with E-state index in [2.05, 4.69) is 55.5 Å². The van der Waals surface area contributed by atoms with Crippen LogP contribution in [0.15, 0.2) is 24.3 Å². The number of amides is 2. The number of hydrogen-bond acceptors (Lipinski definition) is 7. The molecule has 0 aliphatic carbocycles. The van der Waals surface area contributed by atoms with Crippen molar-refractivity contribution >= 4 is 11.7 Å². The highest BCUT2D eigenvalue weighted by Crippen LogP contribution is 2.23. The fourth-order valence-corrected chi connectivity index (χ4v) is 3.69. The maximum Gasteiger partial charge on any atom is 0.319 e. The van der Waals surface area contributed by atoms with Crippen LogP contribution in [0.3, 0.4) is 0 Å². The summed E-state index contributed by atoms with van der Waals surface area (Å²) in [7, 11) is 0. The lowest BCUT2D eigenvalue weighted by molar-refractivity contribution is -0.0274. The molecule has 2 rings (SSSR count). The van der Waals surface area contributed by atoms with Crippen LogP contribution in [0.4, 0.5) is 10.5 Å². The summed E-state index contributed by atoms with van der Waals surface area (Å²) in [6.45, 7) is 12.5. The number of nitrogens with two attached hydrogens (primary N) is 1. The quantitative estimate of drug-likeness (QED) is 0.232. The molecule has 1 fully saturated rings. The highest BCUT2D eigenvalue weighted by atomic mass is 16.6. The highest BCUT2D eigenvalue weighted by Gasteiger charge is 2.42. The molecule has 1 aliphatic heterocycles. The first kappa shape index (κ1) is 26.5. The van der Waals surface area contributed by atoms with Gasteiger partial charge in [-0.3, -0.25) is 10.2 Å². The molecule has 4 atom stereocenters. The van der Waals surface area contributed by atoms with E-state index in [4.69, 9.17) is 10.5 Å². The molecule has 9 nitrogen and oxygen atoms in total. The third-order valence-corrected chi connectivity index (χ3v) is 5.74. The summed E-state index contributed by atoms with van der Waals surface area (Å²) < 4.78 is 5.73. The minimum Gasteiger partial charge on any atom is -0.387 e. The Labute approximate surface area is 191 Å². The van der Waals surface area contributed by atoms with Gasteiger partial charge in [-0.25, -0.2) is 4.79 Å². The van der Waals surface area contributed by atoms with E-state index in [9.17, 15) is 15.0 Å². The Bertz CT molecular complexity index is 707. The maximum absolute atomic E-state index is 12.2. The van der Waals surface area contributed by atoms with Gasteiger partial charge in [0.1, 0.15) is 24.5 Å². The number of ether oxygens (including phenoxy) is 1. The van der Waals surface area contributed by atoms with E-state index in [-0.39, 0.29) is 24.2 Å². The summed E-state index contributed by atoms with van der Waals surface area (Å²) in [6, 6.07) is 7.86. The van der Waals surface area contributed by atoms with Gasteiger partial charge < -0.3 is 31.3 Å². The topological polar surface area (TPSA) is 132 Å². The van der Waals surface area contributed by atoms with Crippen molar-refractivity contribution in [3.05, 3.63) is 29.8 Å². The standard InChI is InChI=1S/C23H41N5O4/c1-15(2)28(13-18-19(29)20(30)21(32-18)26-14-24)12-6-11-25-22(31)27-17-9-7-16(8-10-17)23(3,4)5/h7-10,15,18-21,26,29-30H,6,11-14,24H2,1-5H3,(H2,25,27,31)/t18-,19-,20-,21-/m1/s1. The molecule has 32 heavy (non-hydrogen) atoms. The van der Waals surface area contributed by atoms with Crippen molar-refractivity contribution in [2.24, 2.45) is 5.73 Å². The zero-order valence-corrected chi connectivity index (χ0v) is 20.0. The van der Waals surface area contributed by atoms with Gasteiger partial charge in [-0.05, 0) is 43.4 Å². The second-order valence-electron chi connectivity index (χ2n) is 9.64. The molecule has 1 saturated heterocycles. The van der Waals surface area contributed by atoms with E-state index < -0.39 is 24.5 Å². The molecule has 9 heteroatoms. The summed E-state index contributed by atoms with van der Waals surface area (Å²) >= 11 is 0. The predicted molar refractivity (Wildman–Crippen MR) is 126 cm³/mol. The van der Waals surface area contributed by atoms with Crippen molar-refractivity contribution in [1.82, 2.24) is 15.5 Å². The fourth-order valence-electron chi connectivity index (χ4n) is 3.69. The van der Waals surface area contributed by atoms with Gasteiger partial charge in [0.15, 0.2) is 0 Å². The lowest BCUT2D eigenvalue weighted by Gasteiger charge is -2.30. The van der Waals surface area contributed by atoms with E-state index in [1.807, 2.05) is 24.3 Å². The summed E-state index contributed by atoms with van der Waals surface area (Å²) in [6.07, 6.45) is -2.43. The molecule has 0 aromatic heterocycles. The van der Waals surface area contributed by atoms with E-state index in [1.54, 1.807) is 0 Å². The van der Waals surface area contributed by atoms with Crippen LogP contribution in [0.1, 0.15) is 46.6 Å². The van der Waals surface area contributed by atoms with Crippen molar-refractivity contribution in [2.75, 3.05) is 31.6 Å². The number of hydrogen-bond donors (Lipinski definition) is 6. The van der Waals surface area contributed by atoms with Gasteiger partial charge in [-0.15, -0.1) is 0 Å². The van der Waals surface area contributed by atoms with Crippen molar-refractivity contribution in [3.8, 4) is 0 Å². The Morgan fingerprint density at radius 1 is 1.19 bits per heavy atom. The Kier molecular flexibility index (Phi) is 9.87. The van der Waals surface area contributed by atoms with Gasteiger partial charge in [-0.1, -0.05) is 32.9 Å². The van der Waals surface area contributed by atoms with Crippen LogP contribution in [0.5, 0.6) is 0 Å². The van der Waals surface area contributed by atoms with E-state index in [0.29, 0.717) is 13.1 Å². The van der Waals surface area contributed by atoms with E-state index in [0.717, 1.165) is 18.7 Å². The normalized spacial score (nSPS) is 23.7. The third-order valence-electron chi connectivity index (χ3n) is 5.74. The molecule has 2 amide bonds. The minimum absolute atomic E-state index is 0.0720. The monoisotopic (exact) mass is 451 g/mol. The second-order valence-corrected chi connectivity index (χ2v) is 9.64. The molecule has 1 heterocycles. The number of carbonyl (C=O) groups excluding carboxylic acids is 1. The van der Waals surface area contributed by atoms with Crippen LogP contribution in [0.2, 0.25) is 0 Å². The number of rotatable bonds is 10.